The van der Waals surface area contributed by atoms with Crippen molar-refractivity contribution in [1.82, 2.24) is 4.98 Å². The largest absolute Gasteiger partial charge is 0.397 e. The first-order valence-corrected chi connectivity index (χ1v) is 6.63. The van der Waals surface area contributed by atoms with Gasteiger partial charge in [0.05, 0.1) is 17.8 Å². The van der Waals surface area contributed by atoms with Gasteiger partial charge in [0, 0.05) is 30.4 Å². The fourth-order valence-corrected chi connectivity index (χ4v) is 1.93. The first-order valence-electron chi connectivity index (χ1n) is 6.63. The molecule has 0 saturated carbocycles. The van der Waals surface area contributed by atoms with Gasteiger partial charge in [0.25, 0.3) is 0 Å². The lowest BCUT2D eigenvalue weighted by atomic mass is 10.1. The van der Waals surface area contributed by atoms with E-state index in [1.807, 2.05) is 24.3 Å². The molecule has 4 nitrogen and oxygen atoms in total. The zero-order chi connectivity index (χ0) is 13.7. The number of nitrogens with one attached hydrogen (secondary N) is 1. The quantitative estimate of drug-likeness (QED) is 0.618. The van der Waals surface area contributed by atoms with Crippen molar-refractivity contribution in [3.05, 3.63) is 30.5 Å². The molecule has 2 rings (SSSR count). The number of fused-ring (bicyclic) bond motifs is 1. The summed E-state index contributed by atoms with van der Waals surface area (Å²) in [6.45, 7) is 6.57. The predicted octanol–water partition coefficient (Wildman–Crippen LogP) is 2.90. The Balaban J connectivity index is 1.99. The fourth-order valence-electron chi connectivity index (χ4n) is 1.93. The van der Waals surface area contributed by atoms with E-state index in [0.717, 1.165) is 29.7 Å². The fraction of sp³-hybridized carbons (Fsp3) is 0.400. The van der Waals surface area contributed by atoms with Crippen LogP contribution in [0, 0.1) is 5.92 Å². The van der Waals surface area contributed by atoms with Crippen LogP contribution in [0.3, 0.4) is 0 Å². The second-order valence-electron chi connectivity index (χ2n) is 5.00. The minimum absolute atomic E-state index is 0.571. The molecule has 1 aromatic heterocycles. The molecule has 1 aromatic carbocycles. The molecule has 1 heterocycles. The van der Waals surface area contributed by atoms with Gasteiger partial charge in [-0.2, -0.15) is 0 Å². The van der Waals surface area contributed by atoms with Gasteiger partial charge >= 0.3 is 0 Å². The summed E-state index contributed by atoms with van der Waals surface area (Å²) in [7, 11) is 0. The van der Waals surface area contributed by atoms with Gasteiger partial charge < -0.3 is 15.8 Å². The topological polar surface area (TPSA) is 60.2 Å². The van der Waals surface area contributed by atoms with E-state index in [1.165, 1.54) is 0 Å². The molecular formula is C15H21N3O. The van der Waals surface area contributed by atoms with E-state index in [9.17, 15) is 0 Å². The van der Waals surface area contributed by atoms with E-state index in [4.69, 9.17) is 10.5 Å². The second-order valence-corrected chi connectivity index (χ2v) is 5.00. The SMILES string of the molecule is CC(C)COCCNc1ccnc2c(N)cccc12. The zero-order valence-electron chi connectivity index (χ0n) is 11.5. The van der Waals surface area contributed by atoms with Gasteiger partial charge in [-0.05, 0) is 18.1 Å². The summed E-state index contributed by atoms with van der Waals surface area (Å²) in [6.07, 6.45) is 1.77. The lowest BCUT2D eigenvalue weighted by Gasteiger charge is -2.11. The highest BCUT2D eigenvalue weighted by atomic mass is 16.5. The average molecular weight is 259 g/mol. The molecule has 0 atom stereocenters. The summed E-state index contributed by atoms with van der Waals surface area (Å²) >= 11 is 0. The van der Waals surface area contributed by atoms with E-state index in [2.05, 4.69) is 24.1 Å². The van der Waals surface area contributed by atoms with Gasteiger partial charge in [0.15, 0.2) is 0 Å². The van der Waals surface area contributed by atoms with Crippen molar-refractivity contribution in [2.45, 2.75) is 13.8 Å². The molecule has 0 aliphatic carbocycles. The third-order valence-electron chi connectivity index (χ3n) is 2.82. The van der Waals surface area contributed by atoms with E-state index >= 15 is 0 Å². The Labute approximate surface area is 114 Å². The number of rotatable bonds is 6. The number of anilines is 2. The number of nitrogens with two attached hydrogens (primary N) is 1. The third kappa shape index (κ3) is 3.58. The van der Waals surface area contributed by atoms with Crippen molar-refractivity contribution in [3.63, 3.8) is 0 Å². The molecule has 0 unspecified atom stereocenters. The first-order chi connectivity index (χ1) is 9.18. The van der Waals surface area contributed by atoms with Crippen LogP contribution in [0.1, 0.15) is 13.8 Å². The van der Waals surface area contributed by atoms with Crippen molar-refractivity contribution < 1.29 is 4.74 Å². The van der Waals surface area contributed by atoms with Gasteiger partial charge in [-0.15, -0.1) is 0 Å². The highest BCUT2D eigenvalue weighted by Gasteiger charge is 2.03. The molecule has 0 aliphatic rings. The van der Waals surface area contributed by atoms with Crippen LogP contribution in [-0.4, -0.2) is 24.7 Å². The molecule has 102 valence electrons. The second kappa shape index (κ2) is 6.38. The first kappa shape index (κ1) is 13.6. The Morgan fingerprint density at radius 1 is 1.32 bits per heavy atom. The number of hydrogen-bond acceptors (Lipinski definition) is 4. The number of benzene rings is 1. The summed E-state index contributed by atoms with van der Waals surface area (Å²) < 4.78 is 5.55. The summed E-state index contributed by atoms with van der Waals surface area (Å²) in [5.41, 5.74) is 8.52. The normalized spacial score (nSPS) is 11.1. The average Bonchev–Trinajstić information content (AvgIpc) is 2.39. The molecule has 0 amide bonds. The molecule has 0 fully saturated rings. The van der Waals surface area contributed by atoms with Crippen LogP contribution in [0.5, 0.6) is 0 Å². The van der Waals surface area contributed by atoms with Gasteiger partial charge in [0.1, 0.15) is 0 Å². The molecule has 2 aromatic rings. The molecular weight excluding hydrogens is 238 g/mol. The van der Waals surface area contributed by atoms with Gasteiger partial charge in [0.2, 0.25) is 0 Å². The number of para-hydroxylation sites is 1. The molecule has 0 spiro atoms. The molecule has 0 saturated heterocycles. The van der Waals surface area contributed by atoms with E-state index in [1.54, 1.807) is 6.20 Å². The number of ether oxygens (including phenoxy) is 1. The van der Waals surface area contributed by atoms with Crippen LogP contribution in [0.15, 0.2) is 30.5 Å². The van der Waals surface area contributed by atoms with Gasteiger partial charge in [-0.25, -0.2) is 0 Å². The molecule has 3 N–H and O–H groups in total. The van der Waals surface area contributed by atoms with E-state index in [-0.39, 0.29) is 0 Å². The monoisotopic (exact) mass is 259 g/mol. The van der Waals surface area contributed by atoms with E-state index in [0.29, 0.717) is 18.2 Å². The number of hydrogen-bond donors (Lipinski definition) is 2. The Morgan fingerprint density at radius 2 is 2.16 bits per heavy atom. The van der Waals surface area contributed by atoms with Gasteiger partial charge in [-0.1, -0.05) is 26.0 Å². The Morgan fingerprint density at radius 3 is 2.95 bits per heavy atom. The van der Waals surface area contributed by atoms with Crippen LogP contribution in [0.25, 0.3) is 10.9 Å². The van der Waals surface area contributed by atoms with Crippen LogP contribution in [0.4, 0.5) is 11.4 Å². The van der Waals surface area contributed by atoms with Crippen molar-refractivity contribution in [3.8, 4) is 0 Å². The smallest absolute Gasteiger partial charge is 0.0951 e. The minimum Gasteiger partial charge on any atom is -0.397 e. The maximum absolute atomic E-state index is 5.92. The zero-order valence-corrected chi connectivity index (χ0v) is 11.5. The van der Waals surface area contributed by atoms with Crippen LogP contribution in [-0.2, 0) is 4.74 Å². The van der Waals surface area contributed by atoms with Crippen LogP contribution in [0.2, 0.25) is 0 Å². The lowest BCUT2D eigenvalue weighted by molar-refractivity contribution is 0.118. The number of nitrogen functional groups attached to an aromatic ring is 1. The molecule has 4 heteroatoms. The minimum atomic E-state index is 0.571. The predicted molar refractivity (Wildman–Crippen MR) is 80.3 cm³/mol. The molecule has 0 radical (unpaired) electrons. The van der Waals surface area contributed by atoms with Crippen molar-refractivity contribution >= 4 is 22.3 Å². The molecule has 0 aliphatic heterocycles. The maximum atomic E-state index is 5.92. The summed E-state index contributed by atoms with van der Waals surface area (Å²) in [5.74, 6) is 0.571. The number of nitrogens with zero attached hydrogens (tertiary/aromatic N) is 1. The van der Waals surface area contributed by atoms with Crippen LogP contribution >= 0.6 is 0 Å². The van der Waals surface area contributed by atoms with Crippen LogP contribution < -0.4 is 11.1 Å². The van der Waals surface area contributed by atoms with Gasteiger partial charge in [-0.3, -0.25) is 4.98 Å². The summed E-state index contributed by atoms with van der Waals surface area (Å²) in [5, 5.41) is 4.42. The summed E-state index contributed by atoms with van der Waals surface area (Å²) in [4.78, 5) is 4.31. The third-order valence-corrected chi connectivity index (χ3v) is 2.82. The Hall–Kier alpha value is -1.81. The molecule has 19 heavy (non-hydrogen) atoms. The van der Waals surface area contributed by atoms with Crippen molar-refractivity contribution in [1.29, 1.82) is 0 Å². The van der Waals surface area contributed by atoms with E-state index < -0.39 is 0 Å². The molecule has 0 bridgehead atoms. The Kier molecular flexibility index (Phi) is 4.58. The maximum Gasteiger partial charge on any atom is 0.0951 e. The van der Waals surface area contributed by atoms with Crippen molar-refractivity contribution in [2.24, 2.45) is 5.92 Å². The van der Waals surface area contributed by atoms with Crippen molar-refractivity contribution in [2.75, 3.05) is 30.8 Å². The Bertz CT molecular complexity index is 540. The number of aromatic nitrogens is 1. The highest BCUT2D eigenvalue weighted by molar-refractivity contribution is 5.97. The number of pyridine rings is 1. The highest BCUT2D eigenvalue weighted by Crippen LogP contribution is 2.25. The summed E-state index contributed by atoms with van der Waals surface area (Å²) in [6, 6.07) is 7.80. The standard InChI is InChI=1S/C15H21N3O/c1-11(2)10-19-9-8-17-14-6-7-18-15-12(14)4-3-5-13(15)16/h3-7,11H,8-10,16H2,1-2H3,(H,17,18). The lowest BCUT2D eigenvalue weighted by Crippen LogP contribution is -2.12.